The Kier molecular flexibility index (Phi) is 9.30. The van der Waals surface area contributed by atoms with Crippen molar-refractivity contribution in [3.63, 3.8) is 0 Å². The van der Waals surface area contributed by atoms with E-state index in [-0.39, 0.29) is 24.3 Å². The van der Waals surface area contributed by atoms with Gasteiger partial charge in [0, 0.05) is 6.54 Å². The summed E-state index contributed by atoms with van der Waals surface area (Å²) < 4.78 is 0. The molecular formula is C26H40N4O3. The number of nitrogens with two attached hydrogens (primary N) is 1. The van der Waals surface area contributed by atoms with E-state index < -0.39 is 18.0 Å². The molecule has 1 aromatic rings. The normalized spacial score (nSPS) is 21.6. The molecule has 0 aromatic heterocycles. The molecule has 0 radical (unpaired) electrons. The number of benzene rings is 1. The van der Waals surface area contributed by atoms with Crippen LogP contribution < -0.4 is 16.4 Å². The van der Waals surface area contributed by atoms with Crippen LogP contribution in [0.1, 0.15) is 63.0 Å². The van der Waals surface area contributed by atoms with Crippen LogP contribution in [0.2, 0.25) is 0 Å². The number of nitrogens with zero attached hydrogens (tertiary/aromatic N) is 1. The Bertz CT molecular complexity index is 797. The number of amides is 3. The summed E-state index contributed by atoms with van der Waals surface area (Å²) in [6, 6.07) is 7.69. The third kappa shape index (κ3) is 6.79. The zero-order valence-corrected chi connectivity index (χ0v) is 20.1. The zero-order chi connectivity index (χ0) is 23.8. The van der Waals surface area contributed by atoms with Crippen LogP contribution in [0.5, 0.6) is 0 Å². The van der Waals surface area contributed by atoms with Crippen LogP contribution in [0.15, 0.2) is 24.3 Å². The molecule has 1 aromatic carbocycles. The number of likely N-dealkylation sites (tertiary alicyclic amines) is 1. The number of rotatable bonds is 6. The molecule has 0 spiro atoms. The fraction of sp³-hybridized carbons (Fsp3) is 0.654. The molecule has 1 saturated carbocycles. The maximum atomic E-state index is 13.0. The highest BCUT2D eigenvalue weighted by atomic mass is 16.2. The lowest BCUT2D eigenvalue weighted by molar-refractivity contribution is -0.142. The maximum absolute atomic E-state index is 13.0. The molecule has 4 N–H and O–H groups in total. The van der Waals surface area contributed by atoms with E-state index in [1.54, 1.807) is 23.1 Å². The van der Waals surface area contributed by atoms with Gasteiger partial charge >= 0.3 is 0 Å². The topological polar surface area (TPSA) is 105 Å². The van der Waals surface area contributed by atoms with Crippen LogP contribution in [0.3, 0.4) is 0 Å². The summed E-state index contributed by atoms with van der Waals surface area (Å²) in [6.45, 7) is 3.04. The second-order valence-corrected chi connectivity index (χ2v) is 9.85. The van der Waals surface area contributed by atoms with Crippen LogP contribution >= 0.6 is 0 Å². The van der Waals surface area contributed by atoms with Gasteiger partial charge in [-0.2, -0.15) is 0 Å². The molecule has 33 heavy (non-hydrogen) atoms. The van der Waals surface area contributed by atoms with Gasteiger partial charge in [-0.1, -0.05) is 50.5 Å². The Balaban J connectivity index is 0.000000252. The fourth-order valence-electron chi connectivity index (χ4n) is 5.52. The van der Waals surface area contributed by atoms with Gasteiger partial charge in [0.1, 0.15) is 12.1 Å². The van der Waals surface area contributed by atoms with Crippen LogP contribution in [-0.2, 0) is 27.2 Å². The standard InChI is InChI=1S/C16H28N4O3.C10H12/c1-18-10-13(21)19-14(11-6-3-2-4-7-11)16(23)20-9-5-8-12(20)15(17)22;1-8-6-9-4-2-3-5-10(9)7-8/h11-12,14,18H,2-10H2,1H3,(H2,17,22)(H,19,21);2-5,8H,6-7H2,1H3. The Morgan fingerprint density at radius 3 is 2.24 bits per heavy atom. The van der Waals surface area contributed by atoms with Gasteiger partial charge in [-0.25, -0.2) is 0 Å². The average molecular weight is 457 g/mol. The highest BCUT2D eigenvalue weighted by Gasteiger charge is 2.39. The number of primary amides is 1. The monoisotopic (exact) mass is 456 g/mol. The first kappa shape index (κ1) is 25.2. The van der Waals surface area contributed by atoms with E-state index in [0.717, 1.165) is 38.0 Å². The summed E-state index contributed by atoms with van der Waals surface area (Å²) in [5, 5.41) is 5.68. The van der Waals surface area contributed by atoms with Crippen molar-refractivity contribution in [2.45, 2.75) is 76.8 Å². The van der Waals surface area contributed by atoms with Crippen molar-refractivity contribution < 1.29 is 14.4 Å². The number of nitrogens with one attached hydrogen (secondary N) is 2. The first-order valence-corrected chi connectivity index (χ1v) is 12.5. The van der Waals surface area contributed by atoms with Gasteiger partial charge < -0.3 is 21.3 Å². The summed E-state index contributed by atoms with van der Waals surface area (Å²) in [5.41, 5.74) is 8.55. The minimum atomic E-state index is -0.545. The summed E-state index contributed by atoms with van der Waals surface area (Å²) in [7, 11) is 1.70. The minimum absolute atomic E-state index is 0.145. The highest BCUT2D eigenvalue weighted by molar-refractivity contribution is 5.92. The molecule has 7 heteroatoms. The van der Waals surface area contributed by atoms with Gasteiger partial charge in [0.2, 0.25) is 17.7 Å². The van der Waals surface area contributed by atoms with E-state index >= 15 is 0 Å². The van der Waals surface area contributed by atoms with Gasteiger partial charge in [-0.05, 0) is 68.5 Å². The number of hydrogen-bond acceptors (Lipinski definition) is 4. The first-order chi connectivity index (χ1) is 15.9. The number of likely N-dealkylation sites (N-methyl/N-ethyl adjacent to an activating group) is 1. The lowest BCUT2D eigenvalue weighted by atomic mass is 9.83. The molecule has 1 aliphatic heterocycles. The number of carbonyl (C=O) groups is 3. The van der Waals surface area contributed by atoms with Gasteiger partial charge in [0.05, 0.1) is 6.54 Å². The lowest BCUT2D eigenvalue weighted by Gasteiger charge is -2.34. The predicted molar refractivity (Wildman–Crippen MR) is 129 cm³/mol. The van der Waals surface area contributed by atoms with Crippen molar-refractivity contribution in [2.75, 3.05) is 20.1 Å². The van der Waals surface area contributed by atoms with Crippen molar-refractivity contribution in [3.05, 3.63) is 35.4 Å². The Morgan fingerprint density at radius 2 is 1.67 bits per heavy atom. The Morgan fingerprint density at radius 1 is 1.03 bits per heavy atom. The van der Waals surface area contributed by atoms with Crippen molar-refractivity contribution in [3.8, 4) is 0 Å². The highest BCUT2D eigenvalue weighted by Crippen LogP contribution is 2.29. The summed E-state index contributed by atoms with van der Waals surface area (Å²) >= 11 is 0. The van der Waals surface area contributed by atoms with Crippen LogP contribution in [0.4, 0.5) is 0 Å². The maximum Gasteiger partial charge on any atom is 0.246 e. The number of carbonyl (C=O) groups excluding carboxylic acids is 3. The van der Waals surface area contributed by atoms with E-state index in [1.165, 1.54) is 19.3 Å². The Hall–Kier alpha value is -2.41. The van der Waals surface area contributed by atoms with Crippen LogP contribution in [-0.4, -0.2) is 54.8 Å². The second kappa shape index (κ2) is 12.2. The van der Waals surface area contributed by atoms with E-state index in [1.807, 2.05) is 0 Å². The molecule has 7 nitrogen and oxygen atoms in total. The molecule has 2 unspecified atom stereocenters. The van der Waals surface area contributed by atoms with Crippen molar-refractivity contribution >= 4 is 17.7 Å². The van der Waals surface area contributed by atoms with E-state index in [9.17, 15) is 14.4 Å². The lowest BCUT2D eigenvalue weighted by Crippen LogP contribution is -2.56. The third-order valence-corrected chi connectivity index (χ3v) is 7.16. The molecule has 1 heterocycles. The molecule has 182 valence electrons. The van der Waals surface area contributed by atoms with Gasteiger partial charge in [-0.15, -0.1) is 0 Å². The van der Waals surface area contributed by atoms with Crippen molar-refractivity contribution in [2.24, 2.45) is 17.6 Å². The van der Waals surface area contributed by atoms with Gasteiger partial charge in [0.15, 0.2) is 0 Å². The second-order valence-electron chi connectivity index (χ2n) is 9.85. The number of hydrogen-bond donors (Lipinski definition) is 3. The van der Waals surface area contributed by atoms with E-state index in [4.69, 9.17) is 5.73 Å². The summed E-state index contributed by atoms with van der Waals surface area (Å²) in [5.74, 6) is 0.220. The first-order valence-electron chi connectivity index (χ1n) is 12.5. The molecular weight excluding hydrogens is 416 g/mol. The molecule has 4 rings (SSSR count). The van der Waals surface area contributed by atoms with Crippen molar-refractivity contribution in [1.29, 1.82) is 0 Å². The quantitative estimate of drug-likeness (QED) is 0.610. The SMILES string of the molecule is CC1Cc2ccccc2C1.CNCC(=O)NC(C(=O)N1CCCC1C(N)=O)C1CCCCC1. The minimum Gasteiger partial charge on any atom is -0.368 e. The van der Waals surface area contributed by atoms with Gasteiger partial charge in [0.25, 0.3) is 0 Å². The molecule has 2 fully saturated rings. The van der Waals surface area contributed by atoms with E-state index in [2.05, 4.69) is 41.8 Å². The summed E-state index contributed by atoms with van der Waals surface area (Å²) in [6.07, 6.45) is 9.17. The Labute approximate surface area is 197 Å². The van der Waals surface area contributed by atoms with Crippen LogP contribution in [0.25, 0.3) is 0 Å². The fourth-order valence-corrected chi connectivity index (χ4v) is 5.52. The van der Waals surface area contributed by atoms with Gasteiger partial charge in [-0.3, -0.25) is 14.4 Å². The molecule has 3 aliphatic rings. The van der Waals surface area contributed by atoms with Crippen LogP contribution in [0, 0.1) is 11.8 Å². The number of fused-ring (bicyclic) bond motifs is 1. The van der Waals surface area contributed by atoms with Crippen molar-refractivity contribution in [1.82, 2.24) is 15.5 Å². The molecule has 2 aliphatic carbocycles. The average Bonchev–Trinajstić information content (AvgIpc) is 3.44. The third-order valence-electron chi connectivity index (χ3n) is 7.16. The smallest absolute Gasteiger partial charge is 0.246 e. The largest absolute Gasteiger partial charge is 0.368 e. The molecule has 0 bridgehead atoms. The molecule has 3 amide bonds. The summed E-state index contributed by atoms with van der Waals surface area (Å²) in [4.78, 5) is 38.1. The zero-order valence-electron chi connectivity index (χ0n) is 20.1. The van der Waals surface area contributed by atoms with E-state index in [0.29, 0.717) is 13.0 Å². The molecule has 1 saturated heterocycles. The molecule has 2 atom stereocenters. The predicted octanol–water partition coefficient (Wildman–Crippen LogP) is 2.17.